The molecule has 1 aromatic carbocycles. The lowest BCUT2D eigenvalue weighted by Crippen LogP contribution is -2.41. The van der Waals surface area contributed by atoms with Crippen LogP contribution < -0.4 is 4.90 Å². The van der Waals surface area contributed by atoms with Gasteiger partial charge >= 0.3 is 0 Å². The molecule has 4 heterocycles. The lowest BCUT2D eigenvalue weighted by Gasteiger charge is -2.33. The Morgan fingerprint density at radius 3 is 2.79 bits per heavy atom. The number of amides is 3. The molecule has 0 saturated carbocycles. The molecule has 33 heavy (non-hydrogen) atoms. The van der Waals surface area contributed by atoms with Gasteiger partial charge in [-0.15, -0.1) is 0 Å². The van der Waals surface area contributed by atoms with Crippen molar-refractivity contribution in [1.29, 1.82) is 0 Å². The molecule has 8 nitrogen and oxygen atoms in total. The molecule has 8 heteroatoms. The van der Waals surface area contributed by atoms with Gasteiger partial charge in [0.05, 0.1) is 0 Å². The summed E-state index contributed by atoms with van der Waals surface area (Å²) in [7, 11) is 1.77. The Morgan fingerprint density at radius 2 is 1.97 bits per heavy atom. The number of rotatable bonds is 4. The summed E-state index contributed by atoms with van der Waals surface area (Å²) >= 11 is 0. The monoisotopic (exact) mass is 447 g/mol. The van der Waals surface area contributed by atoms with Gasteiger partial charge in [0, 0.05) is 68.8 Å². The summed E-state index contributed by atoms with van der Waals surface area (Å²) in [6, 6.07) is 7.63. The number of nitrogens with zero attached hydrogens (tertiary/aromatic N) is 5. The highest BCUT2D eigenvalue weighted by Crippen LogP contribution is 2.31. The fraction of sp³-hybridized carbons (Fsp3) is 0.480. The third kappa shape index (κ3) is 3.98. The van der Waals surface area contributed by atoms with Crippen molar-refractivity contribution in [1.82, 2.24) is 19.8 Å². The van der Waals surface area contributed by atoms with Crippen molar-refractivity contribution in [2.45, 2.75) is 51.5 Å². The first-order valence-electron chi connectivity index (χ1n) is 11.7. The number of benzene rings is 1. The van der Waals surface area contributed by atoms with Crippen molar-refractivity contribution < 1.29 is 14.4 Å². The van der Waals surface area contributed by atoms with Crippen LogP contribution in [-0.4, -0.2) is 64.2 Å². The molecular weight excluding hydrogens is 418 g/mol. The Labute approximate surface area is 193 Å². The third-order valence-electron chi connectivity index (χ3n) is 7.12. The van der Waals surface area contributed by atoms with Crippen LogP contribution in [0.4, 0.5) is 5.82 Å². The van der Waals surface area contributed by atoms with Crippen LogP contribution in [-0.2, 0) is 22.6 Å². The van der Waals surface area contributed by atoms with Gasteiger partial charge in [-0.05, 0) is 37.8 Å². The van der Waals surface area contributed by atoms with Crippen molar-refractivity contribution in [2.75, 3.05) is 31.6 Å². The molecule has 0 spiro atoms. The first-order chi connectivity index (χ1) is 15.9. The van der Waals surface area contributed by atoms with Crippen molar-refractivity contribution in [3.05, 3.63) is 52.5 Å². The van der Waals surface area contributed by atoms with Crippen LogP contribution in [0, 0.1) is 6.92 Å². The summed E-state index contributed by atoms with van der Waals surface area (Å²) in [6.07, 6.45) is 3.29. The minimum absolute atomic E-state index is 0.00604. The average Bonchev–Trinajstić information content (AvgIpc) is 3.15. The molecule has 1 atom stereocenters. The molecule has 0 aliphatic carbocycles. The second kappa shape index (κ2) is 8.57. The summed E-state index contributed by atoms with van der Waals surface area (Å²) in [5, 5.41) is 0. The van der Waals surface area contributed by atoms with E-state index in [1.54, 1.807) is 16.8 Å². The second-order valence-corrected chi connectivity index (χ2v) is 9.23. The number of carbonyl (C=O) groups is 3. The summed E-state index contributed by atoms with van der Waals surface area (Å²) in [6.45, 7) is 4.26. The SMILES string of the molecule is Cc1nc([C@H]2CCCN(C(=O)CCN3Cc4ccccc4C3=O)C2)nc2c1CCC(=O)N2C. The van der Waals surface area contributed by atoms with E-state index in [0.717, 1.165) is 41.1 Å². The van der Waals surface area contributed by atoms with Crippen molar-refractivity contribution in [3.63, 3.8) is 0 Å². The highest BCUT2D eigenvalue weighted by molar-refractivity contribution is 5.98. The number of carbonyl (C=O) groups excluding carboxylic acids is 3. The van der Waals surface area contributed by atoms with E-state index in [-0.39, 0.29) is 23.6 Å². The van der Waals surface area contributed by atoms with E-state index in [2.05, 4.69) is 0 Å². The molecule has 5 rings (SSSR count). The molecule has 3 aliphatic rings. The van der Waals surface area contributed by atoms with E-state index in [1.165, 1.54) is 0 Å². The molecule has 172 valence electrons. The van der Waals surface area contributed by atoms with Crippen molar-refractivity contribution in [3.8, 4) is 0 Å². The number of piperidine rings is 1. The molecule has 3 aliphatic heterocycles. The first kappa shape index (κ1) is 21.6. The molecule has 1 aromatic heterocycles. The standard InChI is InChI=1S/C25H29N5O3/c1-16-19-9-10-21(31)28(2)24(19)27-23(26-16)18-7-5-12-29(15-18)22(32)11-13-30-14-17-6-3-4-8-20(17)25(30)33/h3-4,6,8,18H,5,7,9-15H2,1-2H3/t18-/m0/s1. The van der Waals surface area contributed by atoms with Gasteiger partial charge in [-0.2, -0.15) is 0 Å². The van der Waals surface area contributed by atoms with Gasteiger partial charge in [0.15, 0.2) is 0 Å². The molecular formula is C25H29N5O3. The van der Waals surface area contributed by atoms with Crippen LogP contribution in [0.15, 0.2) is 24.3 Å². The summed E-state index contributed by atoms with van der Waals surface area (Å²) in [5.74, 6) is 1.62. The fourth-order valence-electron chi connectivity index (χ4n) is 5.17. The van der Waals surface area contributed by atoms with Crippen LogP contribution in [0.3, 0.4) is 0 Å². The van der Waals surface area contributed by atoms with Gasteiger partial charge in [0.2, 0.25) is 11.8 Å². The summed E-state index contributed by atoms with van der Waals surface area (Å²) < 4.78 is 0. The number of aromatic nitrogens is 2. The Hall–Kier alpha value is -3.29. The van der Waals surface area contributed by atoms with Gasteiger partial charge in [-0.25, -0.2) is 9.97 Å². The van der Waals surface area contributed by atoms with Crippen LogP contribution in [0.5, 0.6) is 0 Å². The Balaban J connectivity index is 1.24. The number of hydrogen-bond acceptors (Lipinski definition) is 5. The normalized spacial score (nSPS) is 20.2. The van der Waals surface area contributed by atoms with Gasteiger partial charge < -0.3 is 9.80 Å². The highest BCUT2D eigenvalue weighted by Gasteiger charge is 2.32. The molecule has 2 aromatic rings. The molecule has 0 N–H and O–H groups in total. The quantitative estimate of drug-likeness (QED) is 0.719. The van der Waals surface area contributed by atoms with Gasteiger partial charge in [0.1, 0.15) is 11.6 Å². The maximum absolute atomic E-state index is 13.0. The number of anilines is 1. The minimum Gasteiger partial charge on any atom is -0.342 e. The fourth-order valence-corrected chi connectivity index (χ4v) is 5.17. The number of likely N-dealkylation sites (tertiary alicyclic amines) is 1. The highest BCUT2D eigenvalue weighted by atomic mass is 16.2. The molecule has 0 bridgehead atoms. The van der Waals surface area contributed by atoms with E-state index in [4.69, 9.17) is 9.97 Å². The lowest BCUT2D eigenvalue weighted by molar-refractivity contribution is -0.132. The number of hydrogen-bond donors (Lipinski definition) is 0. The number of aryl methyl sites for hydroxylation is 1. The second-order valence-electron chi connectivity index (χ2n) is 9.23. The first-order valence-corrected chi connectivity index (χ1v) is 11.7. The zero-order valence-corrected chi connectivity index (χ0v) is 19.2. The zero-order chi connectivity index (χ0) is 23.1. The smallest absolute Gasteiger partial charge is 0.254 e. The Bertz CT molecular complexity index is 1130. The topological polar surface area (TPSA) is 86.7 Å². The largest absolute Gasteiger partial charge is 0.342 e. The maximum atomic E-state index is 13.0. The molecule has 1 saturated heterocycles. The molecule has 0 radical (unpaired) electrons. The summed E-state index contributed by atoms with van der Waals surface area (Å²) in [5.41, 5.74) is 3.73. The van der Waals surface area contributed by atoms with Gasteiger partial charge in [0.25, 0.3) is 5.91 Å². The zero-order valence-electron chi connectivity index (χ0n) is 19.2. The minimum atomic E-state index is 0.00604. The molecule has 3 amide bonds. The lowest BCUT2D eigenvalue weighted by atomic mass is 9.95. The van der Waals surface area contributed by atoms with Crippen LogP contribution in [0.1, 0.15) is 64.6 Å². The predicted molar refractivity (Wildman–Crippen MR) is 123 cm³/mol. The van der Waals surface area contributed by atoms with Crippen LogP contribution in [0.2, 0.25) is 0 Å². The molecule has 1 fully saturated rings. The van der Waals surface area contributed by atoms with Crippen molar-refractivity contribution >= 4 is 23.5 Å². The third-order valence-corrected chi connectivity index (χ3v) is 7.12. The van der Waals surface area contributed by atoms with E-state index in [0.29, 0.717) is 51.3 Å². The predicted octanol–water partition coefficient (Wildman–Crippen LogP) is 2.45. The van der Waals surface area contributed by atoms with Gasteiger partial charge in [-0.1, -0.05) is 18.2 Å². The number of fused-ring (bicyclic) bond motifs is 2. The van der Waals surface area contributed by atoms with Crippen molar-refractivity contribution in [2.24, 2.45) is 0 Å². The average molecular weight is 448 g/mol. The van der Waals surface area contributed by atoms with E-state index >= 15 is 0 Å². The maximum Gasteiger partial charge on any atom is 0.254 e. The Morgan fingerprint density at radius 1 is 1.15 bits per heavy atom. The summed E-state index contributed by atoms with van der Waals surface area (Å²) in [4.78, 5) is 52.5. The van der Waals surface area contributed by atoms with E-state index < -0.39 is 0 Å². The molecule has 0 unspecified atom stereocenters. The van der Waals surface area contributed by atoms with Crippen LogP contribution >= 0.6 is 0 Å². The van der Waals surface area contributed by atoms with Crippen LogP contribution in [0.25, 0.3) is 0 Å². The van der Waals surface area contributed by atoms with Gasteiger partial charge in [-0.3, -0.25) is 19.3 Å². The Kier molecular flexibility index (Phi) is 5.60. The van der Waals surface area contributed by atoms with E-state index in [9.17, 15) is 14.4 Å². The van der Waals surface area contributed by atoms with E-state index in [1.807, 2.05) is 36.1 Å².